The van der Waals surface area contributed by atoms with Crippen LogP contribution < -0.4 is 0 Å². The summed E-state index contributed by atoms with van der Waals surface area (Å²) in [5.74, 6) is 0.464. The van der Waals surface area contributed by atoms with Crippen LogP contribution in [0.4, 0.5) is 0 Å². The number of benzene rings is 1. The van der Waals surface area contributed by atoms with Crippen molar-refractivity contribution < 1.29 is 5.11 Å². The predicted molar refractivity (Wildman–Crippen MR) is 117 cm³/mol. The second-order valence-electron chi connectivity index (χ2n) is 10.3. The van der Waals surface area contributed by atoms with Gasteiger partial charge in [-0.25, -0.2) is 0 Å². The van der Waals surface area contributed by atoms with Crippen LogP contribution in [0.15, 0.2) is 36.7 Å². The number of likely N-dealkylation sites (tertiary alicyclic amines) is 1. The van der Waals surface area contributed by atoms with Crippen LogP contribution in [-0.4, -0.2) is 21.5 Å². The van der Waals surface area contributed by atoms with E-state index in [-0.39, 0.29) is 10.8 Å². The van der Waals surface area contributed by atoms with E-state index in [0.29, 0.717) is 11.8 Å². The van der Waals surface area contributed by atoms with Crippen molar-refractivity contribution in [3.8, 4) is 5.75 Å². The molecule has 3 rings (SSSR count). The zero-order chi connectivity index (χ0) is 20.5. The van der Waals surface area contributed by atoms with Gasteiger partial charge in [-0.15, -0.1) is 0 Å². The monoisotopic (exact) mass is 380 g/mol. The molecule has 1 aliphatic rings. The third kappa shape index (κ3) is 4.57. The number of rotatable bonds is 3. The fraction of sp³-hybridized carbons (Fsp3) is 0.560. The molecule has 1 fully saturated rings. The van der Waals surface area contributed by atoms with E-state index >= 15 is 0 Å². The van der Waals surface area contributed by atoms with Gasteiger partial charge < -0.3 is 5.11 Å². The average Bonchev–Trinajstić information content (AvgIpc) is 2.62. The highest BCUT2D eigenvalue weighted by Gasteiger charge is 2.29. The molecule has 0 amide bonds. The van der Waals surface area contributed by atoms with Crippen LogP contribution in [0.25, 0.3) is 0 Å². The summed E-state index contributed by atoms with van der Waals surface area (Å²) in [6.07, 6.45) is 7.56. The molecular weight excluding hydrogens is 344 g/mol. The Balaban J connectivity index is 1.98. The molecule has 0 radical (unpaired) electrons. The molecule has 1 atom stereocenters. The fourth-order valence-corrected chi connectivity index (χ4v) is 4.29. The zero-order valence-electron chi connectivity index (χ0n) is 18.4. The molecule has 3 nitrogen and oxygen atoms in total. The van der Waals surface area contributed by atoms with Gasteiger partial charge in [-0.05, 0) is 58.5 Å². The molecule has 1 aromatic carbocycles. The Morgan fingerprint density at radius 2 is 1.68 bits per heavy atom. The molecule has 152 valence electrons. The Morgan fingerprint density at radius 3 is 2.21 bits per heavy atom. The minimum Gasteiger partial charge on any atom is -0.507 e. The summed E-state index contributed by atoms with van der Waals surface area (Å²) in [7, 11) is 0. The molecule has 3 heteroatoms. The predicted octanol–water partition coefficient (Wildman–Crippen LogP) is 6.11. The molecule has 0 bridgehead atoms. The van der Waals surface area contributed by atoms with E-state index in [1.165, 1.54) is 30.4 Å². The molecule has 2 heterocycles. The Bertz CT molecular complexity index is 765. The van der Waals surface area contributed by atoms with Crippen molar-refractivity contribution in [3.63, 3.8) is 0 Å². The lowest BCUT2D eigenvalue weighted by Crippen LogP contribution is -2.33. The van der Waals surface area contributed by atoms with E-state index in [1.807, 2.05) is 18.5 Å². The zero-order valence-corrected chi connectivity index (χ0v) is 18.4. The lowest BCUT2D eigenvalue weighted by atomic mass is 9.78. The summed E-state index contributed by atoms with van der Waals surface area (Å²) < 4.78 is 0. The van der Waals surface area contributed by atoms with E-state index in [2.05, 4.69) is 69.6 Å². The first-order valence-electron chi connectivity index (χ1n) is 10.6. The summed E-state index contributed by atoms with van der Waals surface area (Å²) in [5.41, 5.74) is 4.52. The van der Waals surface area contributed by atoms with Crippen molar-refractivity contribution in [3.05, 3.63) is 58.9 Å². The quantitative estimate of drug-likeness (QED) is 0.698. The molecule has 1 aliphatic heterocycles. The summed E-state index contributed by atoms with van der Waals surface area (Å²) >= 11 is 0. The van der Waals surface area contributed by atoms with Gasteiger partial charge in [0.15, 0.2) is 0 Å². The standard InChI is InChI=1S/C25H36N2O/c1-24(2,3)20-14-18(15-21(23(20)28)25(4,5)6)17-27-13-8-7-11-22(27)19-10-9-12-26-16-19/h9-10,12,14-16,22,28H,7-8,11,13,17H2,1-6H3. The van der Waals surface area contributed by atoms with Crippen LogP contribution in [0, 0.1) is 0 Å². The van der Waals surface area contributed by atoms with E-state index in [9.17, 15) is 5.11 Å². The fourth-order valence-electron chi connectivity index (χ4n) is 4.29. The van der Waals surface area contributed by atoms with E-state index in [1.54, 1.807) is 0 Å². The van der Waals surface area contributed by atoms with Crippen LogP contribution in [-0.2, 0) is 17.4 Å². The highest BCUT2D eigenvalue weighted by Crippen LogP contribution is 2.41. The van der Waals surface area contributed by atoms with Crippen molar-refractivity contribution in [1.82, 2.24) is 9.88 Å². The van der Waals surface area contributed by atoms with Gasteiger partial charge >= 0.3 is 0 Å². The van der Waals surface area contributed by atoms with Crippen LogP contribution >= 0.6 is 0 Å². The molecule has 0 saturated carbocycles. The topological polar surface area (TPSA) is 36.4 Å². The van der Waals surface area contributed by atoms with E-state index in [4.69, 9.17) is 0 Å². The summed E-state index contributed by atoms with van der Waals surface area (Å²) in [4.78, 5) is 6.94. The molecular formula is C25H36N2O. The first-order valence-corrected chi connectivity index (χ1v) is 10.6. The SMILES string of the molecule is CC(C)(C)c1cc(CN2CCCCC2c2cccnc2)cc(C(C)(C)C)c1O. The molecule has 1 aromatic heterocycles. The maximum Gasteiger partial charge on any atom is 0.123 e. The minimum absolute atomic E-state index is 0.0925. The number of piperidine rings is 1. The van der Waals surface area contributed by atoms with Crippen LogP contribution in [0.5, 0.6) is 5.75 Å². The van der Waals surface area contributed by atoms with Crippen LogP contribution in [0.1, 0.15) is 89.1 Å². The third-order valence-electron chi connectivity index (χ3n) is 5.85. The van der Waals surface area contributed by atoms with Gasteiger partial charge in [0.25, 0.3) is 0 Å². The maximum atomic E-state index is 11.0. The van der Waals surface area contributed by atoms with Crippen molar-refractivity contribution >= 4 is 0 Å². The molecule has 0 spiro atoms. The van der Waals surface area contributed by atoms with Crippen LogP contribution in [0.2, 0.25) is 0 Å². The number of aromatic hydroxyl groups is 1. The molecule has 1 unspecified atom stereocenters. The van der Waals surface area contributed by atoms with Crippen molar-refractivity contribution in [2.24, 2.45) is 0 Å². The number of aromatic nitrogens is 1. The first kappa shape index (κ1) is 20.9. The number of phenols is 1. The Morgan fingerprint density at radius 1 is 1.04 bits per heavy atom. The number of hydrogen-bond acceptors (Lipinski definition) is 3. The number of nitrogens with zero attached hydrogens (tertiary/aromatic N) is 2. The van der Waals surface area contributed by atoms with Gasteiger partial charge in [0.05, 0.1) is 0 Å². The van der Waals surface area contributed by atoms with Crippen LogP contribution in [0.3, 0.4) is 0 Å². The highest BCUT2D eigenvalue weighted by molar-refractivity contribution is 5.50. The lowest BCUT2D eigenvalue weighted by molar-refractivity contribution is 0.140. The van der Waals surface area contributed by atoms with Gasteiger partial charge in [0.2, 0.25) is 0 Å². The van der Waals surface area contributed by atoms with E-state index < -0.39 is 0 Å². The number of hydrogen-bond donors (Lipinski definition) is 1. The summed E-state index contributed by atoms with van der Waals surface area (Å²) in [6, 6.07) is 9.11. The van der Waals surface area contributed by atoms with E-state index in [0.717, 1.165) is 24.2 Å². The number of pyridine rings is 1. The largest absolute Gasteiger partial charge is 0.507 e. The Hall–Kier alpha value is -1.87. The van der Waals surface area contributed by atoms with Gasteiger partial charge in [0.1, 0.15) is 5.75 Å². The Kier molecular flexibility index (Phi) is 5.86. The normalized spacial score (nSPS) is 19.0. The second-order valence-corrected chi connectivity index (χ2v) is 10.3. The molecule has 0 aliphatic carbocycles. The molecule has 1 N–H and O–H groups in total. The molecule has 1 saturated heterocycles. The summed E-state index contributed by atoms with van der Waals surface area (Å²) in [5, 5.41) is 11.0. The van der Waals surface area contributed by atoms with Crippen molar-refractivity contribution in [1.29, 1.82) is 0 Å². The average molecular weight is 381 g/mol. The van der Waals surface area contributed by atoms with Gasteiger partial charge in [-0.3, -0.25) is 9.88 Å². The second kappa shape index (κ2) is 7.87. The van der Waals surface area contributed by atoms with Crippen molar-refractivity contribution in [2.45, 2.75) is 84.2 Å². The third-order valence-corrected chi connectivity index (χ3v) is 5.85. The number of phenolic OH excluding ortho intramolecular Hbond substituents is 1. The summed E-state index contributed by atoms with van der Waals surface area (Å²) in [6.45, 7) is 15.1. The van der Waals surface area contributed by atoms with Gasteiger partial charge in [-0.1, -0.05) is 66.2 Å². The molecule has 2 aromatic rings. The maximum absolute atomic E-state index is 11.0. The minimum atomic E-state index is -0.0925. The highest BCUT2D eigenvalue weighted by atomic mass is 16.3. The smallest absolute Gasteiger partial charge is 0.123 e. The van der Waals surface area contributed by atoms with Gasteiger partial charge in [0, 0.05) is 25.0 Å². The first-order chi connectivity index (χ1) is 13.1. The van der Waals surface area contributed by atoms with Crippen molar-refractivity contribution in [2.75, 3.05) is 6.54 Å². The Labute approximate surface area is 170 Å². The van der Waals surface area contributed by atoms with Gasteiger partial charge in [-0.2, -0.15) is 0 Å². The molecule has 28 heavy (non-hydrogen) atoms. The lowest BCUT2D eigenvalue weighted by Gasteiger charge is -2.36.